The third-order valence-electron chi connectivity index (χ3n) is 5.03. The van der Waals surface area contributed by atoms with Crippen LogP contribution >= 0.6 is 23.1 Å². The highest BCUT2D eigenvalue weighted by molar-refractivity contribution is 8.00. The van der Waals surface area contributed by atoms with Gasteiger partial charge in [0.2, 0.25) is 5.91 Å². The van der Waals surface area contributed by atoms with Gasteiger partial charge in [0.25, 0.3) is 0 Å². The summed E-state index contributed by atoms with van der Waals surface area (Å²) in [7, 11) is 0. The number of nitrogens with two attached hydrogens (primary N) is 2. The van der Waals surface area contributed by atoms with Crippen LogP contribution in [0.5, 0.6) is 0 Å². The monoisotopic (exact) mass is 514 g/mol. The van der Waals surface area contributed by atoms with E-state index in [-0.39, 0.29) is 28.7 Å². The van der Waals surface area contributed by atoms with Gasteiger partial charge in [-0.05, 0) is 5.57 Å². The van der Waals surface area contributed by atoms with E-state index < -0.39 is 54.3 Å². The number of carbonyl (C=O) groups excluding carboxylic acids is 3. The van der Waals surface area contributed by atoms with Crippen LogP contribution in [-0.4, -0.2) is 90.3 Å². The zero-order chi connectivity index (χ0) is 25.6. The van der Waals surface area contributed by atoms with Crippen LogP contribution in [0, 0.1) is 5.92 Å². The molecule has 8 N–H and O–H groups in total. The Morgan fingerprint density at radius 2 is 1.97 bits per heavy atom. The molecule has 3 rings (SSSR count). The van der Waals surface area contributed by atoms with Gasteiger partial charge in [-0.15, -0.1) is 23.1 Å². The minimum absolute atomic E-state index is 0.129. The molecule has 0 aromatic carbocycles. The second-order valence-corrected chi connectivity index (χ2v) is 9.36. The van der Waals surface area contributed by atoms with Crippen LogP contribution in [-0.2, 0) is 14.4 Å². The maximum Gasteiger partial charge on any atom is 0.234 e. The first-order valence-electron chi connectivity index (χ1n) is 9.67. The van der Waals surface area contributed by atoms with Gasteiger partial charge in [-0.25, -0.2) is 4.98 Å². The predicted molar refractivity (Wildman–Crippen MR) is 121 cm³/mol. The number of nitrogens with zero attached hydrogens (tertiary/aromatic N) is 3. The second-order valence-electron chi connectivity index (χ2n) is 7.37. The number of fused-ring (bicyclic) bond motifs is 1. The lowest BCUT2D eigenvalue weighted by Crippen LogP contribution is -2.63. The van der Waals surface area contributed by atoms with Gasteiger partial charge < -0.3 is 41.9 Å². The normalized spacial score (nSPS) is 20.2. The summed E-state index contributed by atoms with van der Waals surface area (Å²) in [4.78, 5) is 41.2. The molecule has 2 unspecified atom stereocenters. The molecule has 2 aliphatic rings. The molecule has 1 saturated heterocycles. The van der Waals surface area contributed by atoms with Crippen molar-refractivity contribution in [2.45, 2.75) is 17.3 Å². The summed E-state index contributed by atoms with van der Waals surface area (Å²) in [5.41, 5.74) is 9.49. The number of nitrogen functional groups attached to an aromatic ring is 1. The number of ketones is 1. The third-order valence-corrected chi connectivity index (χ3v) is 7.06. The number of Topliss-reactive ketones (excluding diaryl/α,β-unsaturated/α-hetero) is 1. The lowest BCUT2D eigenvalue weighted by atomic mass is 9.89. The standard InChI is InChI=1S/C15H14N4O5S2.C4H11NO3/c1-2-6-4-25-13-7(12(21)19(13)11(6)14(22)23)3-9(20)10(18-24)8-5-26-15(16)17-8;5-4(1-6,2-7)3-8/h2,5,7,13,24H,1,3-4H2,(H2,16,17)(H,22,23);6-8H,1-3,5H2/p-1/b18-10-;. The molecule has 13 nitrogen and oxygen atoms in total. The number of hydrogen-bond acceptors (Lipinski definition) is 14. The number of amides is 1. The Kier molecular flexibility index (Phi) is 9.31. The summed E-state index contributed by atoms with van der Waals surface area (Å²) in [5, 5.41) is 49.7. The number of thioether (sulfide) groups is 1. The van der Waals surface area contributed by atoms with E-state index in [0.29, 0.717) is 11.3 Å². The first-order valence-corrected chi connectivity index (χ1v) is 11.6. The molecule has 1 aromatic heterocycles. The number of thiazole rings is 1. The molecule has 3 heterocycles. The topological polar surface area (TPSA) is 236 Å². The van der Waals surface area contributed by atoms with Gasteiger partial charge in [-0.3, -0.25) is 14.5 Å². The zero-order valence-electron chi connectivity index (χ0n) is 17.8. The number of rotatable bonds is 9. The molecule has 0 spiro atoms. The number of aliphatic hydroxyl groups is 3. The molecule has 15 heteroatoms. The molecular formula is C19H24N5O8S2-. The van der Waals surface area contributed by atoms with E-state index in [4.69, 9.17) is 32.0 Å². The van der Waals surface area contributed by atoms with Crippen molar-refractivity contribution < 1.29 is 40.0 Å². The van der Waals surface area contributed by atoms with Crippen LogP contribution in [0.15, 0.2) is 34.5 Å². The molecule has 34 heavy (non-hydrogen) atoms. The summed E-state index contributed by atoms with van der Waals surface area (Å²) in [6.07, 6.45) is 1.15. The quantitative estimate of drug-likeness (QED) is 0.0851. The van der Waals surface area contributed by atoms with Crippen molar-refractivity contribution in [2.75, 3.05) is 31.3 Å². The average molecular weight is 515 g/mol. The van der Waals surface area contributed by atoms with Gasteiger partial charge in [0, 0.05) is 17.6 Å². The molecule has 186 valence electrons. The van der Waals surface area contributed by atoms with Gasteiger partial charge in [0.1, 0.15) is 5.69 Å². The van der Waals surface area contributed by atoms with E-state index in [2.05, 4.69) is 16.7 Å². The van der Waals surface area contributed by atoms with E-state index in [0.717, 1.165) is 16.2 Å². The van der Waals surface area contributed by atoms with Crippen LogP contribution in [0.25, 0.3) is 0 Å². The number of anilines is 1. The first-order chi connectivity index (χ1) is 16.1. The molecule has 1 fully saturated rings. The summed E-state index contributed by atoms with van der Waals surface area (Å²) in [6.45, 7) is 2.34. The van der Waals surface area contributed by atoms with Crippen molar-refractivity contribution in [1.82, 2.24) is 9.88 Å². The lowest BCUT2D eigenvalue weighted by molar-refractivity contribution is -0.301. The van der Waals surface area contributed by atoms with E-state index in [1.807, 2.05) is 0 Å². The number of carbonyl (C=O) groups is 3. The summed E-state index contributed by atoms with van der Waals surface area (Å²) in [5.74, 6) is -2.91. The number of carboxylic acid groups (broad SMARTS) is 1. The zero-order valence-corrected chi connectivity index (χ0v) is 19.4. The highest BCUT2D eigenvalue weighted by Crippen LogP contribution is 2.45. The van der Waals surface area contributed by atoms with E-state index in [1.165, 1.54) is 23.2 Å². The Labute approximate surface area is 202 Å². The van der Waals surface area contributed by atoms with Crippen molar-refractivity contribution in [3.8, 4) is 0 Å². The van der Waals surface area contributed by atoms with Crippen molar-refractivity contribution >= 4 is 51.6 Å². The van der Waals surface area contributed by atoms with E-state index in [1.54, 1.807) is 0 Å². The third kappa shape index (κ3) is 5.63. The fourth-order valence-corrected chi connectivity index (χ4v) is 4.97. The second kappa shape index (κ2) is 11.5. The van der Waals surface area contributed by atoms with Gasteiger partial charge in [-0.1, -0.05) is 17.8 Å². The Balaban J connectivity index is 0.000000440. The lowest BCUT2D eigenvalue weighted by Gasteiger charge is -2.50. The van der Waals surface area contributed by atoms with E-state index in [9.17, 15) is 19.5 Å². The molecule has 1 amide bonds. The fourth-order valence-electron chi connectivity index (χ4n) is 3.02. The summed E-state index contributed by atoms with van der Waals surface area (Å²) < 4.78 is 0. The van der Waals surface area contributed by atoms with Crippen molar-refractivity contribution in [3.63, 3.8) is 0 Å². The minimum atomic E-state index is -1.46. The van der Waals surface area contributed by atoms with E-state index >= 15 is 0 Å². The number of hydrogen-bond donors (Lipinski definition) is 6. The number of allylic oxidation sites excluding steroid dienone is 1. The number of aliphatic hydroxyl groups excluding tert-OH is 3. The molecule has 0 bridgehead atoms. The number of carboxylic acids is 1. The highest BCUT2D eigenvalue weighted by atomic mass is 32.2. The number of aromatic nitrogens is 1. The van der Waals surface area contributed by atoms with Crippen LogP contribution in [0.3, 0.4) is 0 Å². The largest absolute Gasteiger partial charge is 0.543 e. The predicted octanol–water partition coefficient (Wildman–Crippen LogP) is -2.76. The molecular weight excluding hydrogens is 490 g/mol. The van der Waals surface area contributed by atoms with Crippen LogP contribution < -0.4 is 16.6 Å². The van der Waals surface area contributed by atoms with Gasteiger partial charge in [0.05, 0.1) is 48.3 Å². The fraction of sp³-hybridized carbons (Fsp3) is 0.421. The van der Waals surface area contributed by atoms with Gasteiger partial charge in [0.15, 0.2) is 16.6 Å². The van der Waals surface area contributed by atoms with Gasteiger partial charge in [-0.2, -0.15) is 0 Å². The molecule has 1 aromatic rings. The summed E-state index contributed by atoms with van der Waals surface area (Å²) in [6, 6.07) is 0. The van der Waals surface area contributed by atoms with Crippen molar-refractivity contribution in [3.05, 3.63) is 35.0 Å². The van der Waals surface area contributed by atoms with Crippen LogP contribution in [0.2, 0.25) is 0 Å². The Morgan fingerprint density at radius 1 is 1.35 bits per heavy atom. The summed E-state index contributed by atoms with van der Waals surface area (Å²) >= 11 is 2.42. The molecule has 0 aliphatic carbocycles. The van der Waals surface area contributed by atoms with Crippen molar-refractivity contribution in [2.24, 2.45) is 16.8 Å². The highest BCUT2D eigenvalue weighted by Gasteiger charge is 2.52. The minimum Gasteiger partial charge on any atom is -0.543 e. The van der Waals surface area contributed by atoms with Gasteiger partial charge >= 0.3 is 0 Å². The molecule has 2 aliphatic heterocycles. The van der Waals surface area contributed by atoms with Crippen molar-refractivity contribution in [1.29, 1.82) is 0 Å². The Morgan fingerprint density at radius 3 is 2.38 bits per heavy atom. The molecule has 0 radical (unpaired) electrons. The average Bonchev–Trinajstić information content (AvgIpc) is 3.27. The number of aliphatic carboxylic acids is 1. The SMILES string of the molecule is C=CC1=C(C(=O)[O-])N2C(=O)C(CC(=O)/C(=N\O)c3csc(N)n3)C2SC1.NC(CO)(CO)CO. The van der Waals surface area contributed by atoms with Crippen LogP contribution in [0.1, 0.15) is 12.1 Å². The Hall–Kier alpha value is -2.82. The maximum absolute atomic E-state index is 12.4. The van der Waals surface area contributed by atoms with Crippen LogP contribution in [0.4, 0.5) is 5.13 Å². The number of β-lactam (4-membered cyclic amide) rings is 1. The first kappa shape index (κ1) is 27.4. The Bertz CT molecular complexity index is 1010. The maximum atomic E-state index is 12.4. The molecule has 2 atom stereocenters. The number of oxime groups is 1. The molecule has 0 saturated carbocycles. The smallest absolute Gasteiger partial charge is 0.234 e.